The van der Waals surface area contributed by atoms with Crippen LogP contribution in [0.2, 0.25) is 5.15 Å². The average Bonchev–Trinajstić information content (AvgIpc) is 2.97. The lowest BCUT2D eigenvalue weighted by molar-refractivity contribution is -0.0319. The van der Waals surface area contributed by atoms with Crippen molar-refractivity contribution in [2.24, 2.45) is 5.11 Å². The normalized spacial score (nSPS) is 28.0. The molecular formula is C11H10BrClN6O3. The third-order valence-corrected chi connectivity index (χ3v) is 4.34. The third-order valence-electron chi connectivity index (χ3n) is 3.45. The van der Waals surface area contributed by atoms with Gasteiger partial charge in [0.15, 0.2) is 6.23 Å². The van der Waals surface area contributed by atoms with Crippen LogP contribution >= 0.6 is 27.5 Å². The molecule has 1 aliphatic rings. The second-order valence-electron chi connectivity index (χ2n) is 4.71. The van der Waals surface area contributed by atoms with Crippen LogP contribution in [-0.4, -0.2) is 49.6 Å². The number of aliphatic hydroxyl groups excluding tert-OH is 2. The van der Waals surface area contributed by atoms with Crippen molar-refractivity contribution in [3.05, 3.63) is 32.6 Å². The van der Waals surface area contributed by atoms with Gasteiger partial charge in [-0.15, -0.1) is 0 Å². The topological polar surface area (TPSA) is 129 Å². The van der Waals surface area contributed by atoms with Crippen molar-refractivity contribution in [1.82, 2.24) is 14.5 Å². The SMILES string of the molecule is [N-]=[N+]=NCC1OC(n2cc(Br)c3c(Cl)ncnc32)C(O)C1O. The fourth-order valence-electron chi connectivity index (χ4n) is 2.43. The largest absolute Gasteiger partial charge is 0.388 e. The third kappa shape index (κ3) is 2.43. The minimum Gasteiger partial charge on any atom is -0.388 e. The summed E-state index contributed by atoms with van der Waals surface area (Å²) in [6.45, 7) is -0.0820. The molecule has 2 aromatic rings. The first-order valence-corrected chi connectivity index (χ1v) is 7.40. The van der Waals surface area contributed by atoms with Gasteiger partial charge in [0.1, 0.15) is 29.3 Å². The molecule has 116 valence electrons. The monoisotopic (exact) mass is 388 g/mol. The van der Waals surface area contributed by atoms with Crippen molar-refractivity contribution >= 4 is 38.6 Å². The number of halogens is 2. The second kappa shape index (κ2) is 5.99. The van der Waals surface area contributed by atoms with Crippen LogP contribution in [0.5, 0.6) is 0 Å². The Bertz CT molecular complexity index is 764. The number of aromatic nitrogens is 3. The molecule has 0 radical (unpaired) electrons. The highest BCUT2D eigenvalue weighted by Crippen LogP contribution is 2.36. The lowest BCUT2D eigenvalue weighted by Gasteiger charge is -2.17. The first kappa shape index (κ1) is 15.5. The number of rotatable bonds is 3. The van der Waals surface area contributed by atoms with Crippen molar-refractivity contribution in [2.75, 3.05) is 6.54 Å². The van der Waals surface area contributed by atoms with Gasteiger partial charge < -0.3 is 19.5 Å². The number of azide groups is 1. The summed E-state index contributed by atoms with van der Waals surface area (Å²) in [7, 11) is 0. The Hall–Kier alpha value is -1.42. The minimum absolute atomic E-state index is 0.0820. The van der Waals surface area contributed by atoms with Crippen molar-refractivity contribution < 1.29 is 14.9 Å². The molecule has 2 aromatic heterocycles. The van der Waals surface area contributed by atoms with Crippen molar-refractivity contribution in [1.29, 1.82) is 0 Å². The van der Waals surface area contributed by atoms with E-state index >= 15 is 0 Å². The summed E-state index contributed by atoms with van der Waals surface area (Å²) >= 11 is 9.40. The number of fused-ring (bicyclic) bond motifs is 1. The molecule has 4 unspecified atom stereocenters. The van der Waals surface area contributed by atoms with E-state index in [4.69, 9.17) is 21.9 Å². The molecule has 1 fully saturated rings. The number of hydrogen-bond donors (Lipinski definition) is 2. The predicted molar refractivity (Wildman–Crippen MR) is 80.2 cm³/mol. The Morgan fingerprint density at radius 2 is 2.23 bits per heavy atom. The Kier molecular flexibility index (Phi) is 4.22. The fourth-order valence-corrected chi connectivity index (χ4v) is 3.36. The van der Waals surface area contributed by atoms with Crippen LogP contribution in [0, 0.1) is 0 Å². The molecule has 2 N–H and O–H groups in total. The zero-order valence-electron chi connectivity index (χ0n) is 10.9. The van der Waals surface area contributed by atoms with E-state index in [0.29, 0.717) is 15.5 Å². The summed E-state index contributed by atoms with van der Waals surface area (Å²) < 4.78 is 7.80. The van der Waals surface area contributed by atoms with E-state index in [1.54, 1.807) is 10.8 Å². The first-order valence-electron chi connectivity index (χ1n) is 6.23. The van der Waals surface area contributed by atoms with Gasteiger partial charge >= 0.3 is 0 Å². The Morgan fingerprint density at radius 1 is 1.45 bits per heavy atom. The number of ether oxygens (including phenoxy) is 1. The van der Waals surface area contributed by atoms with Gasteiger partial charge in [0.25, 0.3) is 0 Å². The van der Waals surface area contributed by atoms with Gasteiger partial charge in [0, 0.05) is 15.6 Å². The Labute approximate surface area is 137 Å². The Balaban J connectivity index is 2.01. The average molecular weight is 390 g/mol. The number of aliphatic hydroxyl groups is 2. The van der Waals surface area contributed by atoms with Crippen molar-refractivity contribution in [2.45, 2.75) is 24.5 Å². The van der Waals surface area contributed by atoms with E-state index in [-0.39, 0.29) is 11.7 Å². The summed E-state index contributed by atoms with van der Waals surface area (Å²) in [6, 6.07) is 0. The summed E-state index contributed by atoms with van der Waals surface area (Å²) in [5.74, 6) is 0. The summed E-state index contributed by atoms with van der Waals surface area (Å²) in [5, 5.41) is 24.4. The molecule has 1 aliphatic heterocycles. The molecule has 9 nitrogen and oxygen atoms in total. The van der Waals surface area contributed by atoms with Gasteiger partial charge in [0.2, 0.25) is 0 Å². The molecule has 22 heavy (non-hydrogen) atoms. The maximum absolute atomic E-state index is 10.2. The van der Waals surface area contributed by atoms with E-state index in [9.17, 15) is 10.2 Å². The van der Waals surface area contributed by atoms with Gasteiger partial charge in [-0.2, -0.15) is 0 Å². The maximum atomic E-state index is 10.2. The van der Waals surface area contributed by atoms with Gasteiger partial charge in [-0.1, -0.05) is 16.7 Å². The molecule has 0 amide bonds. The van der Waals surface area contributed by atoms with Crippen LogP contribution in [0.3, 0.4) is 0 Å². The standard InChI is InChI=1S/C11H10BrClN6O3/c12-4-2-19(10-6(4)9(13)15-3-16-10)11-8(21)7(20)5(22-11)1-17-18-14/h2-3,5,7-8,11,20-21H,1H2. The van der Waals surface area contributed by atoms with Gasteiger partial charge in [0.05, 0.1) is 18.0 Å². The molecule has 0 spiro atoms. The molecule has 3 heterocycles. The van der Waals surface area contributed by atoms with E-state index in [1.807, 2.05) is 0 Å². The zero-order chi connectivity index (χ0) is 15.9. The first-order chi connectivity index (χ1) is 10.5. The Morgan fingerprint density at radius 3 is 2.95 bits per heavy atom. The summed E-state index contributed by atoms with van der Waals surface area (Å²) in [6.07, 6.45) is -1.12. The molecule has 4 atom stereocenters. The fraction of sp³-hybridized carbons (Fsp3) is 0.455. The van der Waals surface area contributed by atoms with Crippen LogP contribution in [-0.2, 0) is 4.74 Å². The van der Waals surface area contributed by atoms with Crippen LogP contribution in [0.4, 0.5) is 0 Å². The molecule has 1 saturated heterocycles. The van der Waals surface area contributed by atoms with E-state index in [1.165, 1.54) is 6.33 Å². The lowest BCUT2D eigenvalue weighted by Crippen LogP contribution is -2.32. The minimum atomic E-state index is -1.20. The van der Waals surface area contributed by atoms with Gasteiger partial charge in [-0.25, -0.2) is 9.97 Å². The molecule has 0 aromatic carbocycles. The molecule has 0 aliphatic carbocycles. The van der Waals surface area contributed by atoms with Crippen molar-refractivity contribution in [3.8, 4) is 0 Å². The van der Waals surface area contributed by atoms with Gasteiger partial charge in [-0.3, -0.25) is 0 Å². The van der Waals surface area contributed by atoms with E-state index in [0.717, 1.165) is 0 Å². The molecule has 11 heteroatoms. The maximum Gasteiger partial charge on any atom is 0.164 e. The molecular weight excluding hydrogens is 380 g/mol. The van der Waals surface area contributed by atoms with E-state index in [2.05, 4.69) is 35.9 Å². The van der Waals surface area contributed by atoms with Crippen LogP contribution in [0.25, 0.3) is 21.5 Å². The van der Waals surface area contributed by atoms with E-state index < -0.39 is 24.5 Å². The molecule has 3 rings (SSSR count). The van der Waals surface area contributed by atoms with Crippen molar-refractivity contribution in [3.63, 3.8) is 0 Å². The number of nitrogens with zero attached hydrogens (tertiary/aromatic N) is 6. The quantitative estimate of drug-likeness (QED) is 0.358. The highest BCUT2D eigenvalue weighted by molar-refractivity contribution is 9.10. The summed E-state index contributed by atoms with van der Waals surface area (Å²) in [5.41, 5.74) is 8.80. The smallest absolute Gasteiger partial charge is 0.164 e. The highest BCUT2D eigenvalue weighted by Gasteiger charge is 2.43. The van der Waals surface area contributed by atoms with Crippen LogP contribution in [0.1, 0.15) is 6.23 Å². The predicted octanol–water partition coefficient (Wildman–Crippen LogP) is 1.78. The lowest BCUT2D eigenvalue weighted by atomic mass is 10.1. The zero-order valence-corrected chi connectivity index (χ0v) is 13.3. The second-order valence-corrected chi connectivity index (χ2v) is 5.92. The summed E-state index contributed by atoms with van der Waals surface area (Å²) in [4.78, 5) is 10.7. The molecule has 0 saturated carbocycles. The highest BCUT2D eigenvalue weighted by atomic mass is 79.9. The van der Waals surface area contributed by atoms with Crippen LogP contribution < -0.4 is 0 Å². The van der Waals surface area contributed by atoms with Gasteiger partial charge in [-0.05, 0) is 21.5 Å². The molecule has 0 bridgehead atoms. The number of hydrogen-bond acceptors (Lipinski definition) is 6. The van der Waals surface area contributed by atoms with Crippen LogP contribution in [0.15, 0.2) is 22.1 Å².